The number of amides is 3. The van der Waals surface area contributed by atoms with Crippen LogP contribution in [0.15, 0.2) is 36.4 Å². The van der Waals surface area contributed by atoms with Crippen LogP contribution in [0.5, 0.6) is 0 Å². The maximum Gasteiger partial charge on any atom is 0.326 e. The maximum atomic E-state index is 13.7. The maximum absolute atomic E-state index is 13.7. The fourth-order valence-electron chi connectivity index (χ4n) is 1.80. The number of imide groups is 1. The van der Waals surface area contributed by atoms with E-state index in [0.29, 0.717) is 6.07 Å². The average molecular weight is 312 g/mol. The lowest BCUT2D eigenvalue weighted by molar-refractivity contribution is 0.0986. The van der Waals surface area contributed by atoms with Gasteiger partial charge in [0.05, 0.1) is 5.69 Å². The molecule has 2 aromatic rings. The van der Waals surface area contributed by atoms with Crippen molar-refractivity contribution in [1.29, 1.82) is 0 Å². The summed E-state index contributed by atoms with van der Waals surface area (Å²) in [5.41, 5.74) is 3.18. The van der Waals surface area contributed by atoms with E-state index in [2.05, 4.69) is 0 Å². The van der Waals surface area contributed by atoms with E-state index in [1.54, 1.807) is 0 Å². The number of halogens is 4. The molecule has 3 amide bonds. The number of carbonyl (C=O) groups excluding carboxylic acids is 2. The Bertz CT molecular complexity index is 744. The molecule has 0 atom stereocenters. The summed E-state index contributed by atoms with van der Waals surface area (Å²) in [6, 6.07) is 3.03. The summed E-state index contributed by atoms with van der Waals surface area (Å²) in [7, 11) is 0. The Labute approximate surface area is 121 Å². The fraction of sp³-hybridized carbons (Fsp3) is 0. The molecular formula is C14H8F4N2O2. The van der Waals surface area contributed by atoms with Crippen molar-refractivity contribution in [3.8, 4) is 0 Å². The Hall–Kier alpha value is -2.90. The van der Waals surface area contributed by atoms with Crippen molar-refractivity contribution in [2.24, 2.45) is 5.73 Å². The number of nitrogens with zero attached hydrogens (tertiary/aromatic N) is 1. The molecule has 0 spiro atoms. The molecule has 2 rings (SSSR count). The molecule has 0 fully saturated rings. The summed E-state index contributed by atoms with van der Waals surface area (Å²) in [5.74, 6) is -6.26. The van der Waals surface area contributed by atoms with Crippen LogP contribution in [0.2, 0.25) is 0 Å². The SMILES string of the molecule is NC(=O)N(C(=O)c1c(F)cccc1F)c1ccc(F)cc1F. The number of carbonyl (C=O) groups is 2. The lowest BCUT2D eigenvalue weighted by atomic mass is 10.1. The molecule has 0 heterocycles. The van der Waals surface area contributed by atoms with Crippen LogP contribution in [0.25, 0.3) is 0 Å². The van der Waals surface area contributed by atoms with Gasteiger partial charge in [-0.2, -0.15) is 0 Å². The summed E-state index contributed by atoms with van der Waals surface area (Å²) >= 11 is 0. The number of hydrogen-bond donors (Lipinski definition) is 1. The predicted octanol–water partition coefficient (Wildman–Crippen LogP) is 2.97. The normalized spacial score (nSPS) is 10.4. The largest absolute Gasteiger partial charge is 0.351 e. The van der Waals surface area contributed by atoms with E-state index >= 15 is 0 Å². The van der Waals surface area contributed by atoms with E-state index < -0.39 is 46.5 Å². The molecule has 0 unspecified atom stereocenters. The summed E-state index contributed by atoms with van der Waals surface area (Å²) < 4.78 is 53.8. The molecule has 0 radical (unpaired) electrons. The molecule has 0 bridgehead atoms. The summed E-state index contributed by atoms with van der Waals surface area (Å²) in [6.45, 7) is 0. The van der Waals surface area contributed by atoms with Crippen molar-refractivity contribution in [2.45, 2.75) is 0 Å². The number of anilines is 1. The van der Waals surface area contributed by atoms with Gasteiger partial charge in [0.1, 0.15) is 28.8 Å². The average Bonchev–Trinajstić information content (AvgIpc) is 2.41. The second-order valence-electron chi connectivity index (χ2n) is 4.17. The topological polar surface area (TPSA) is 63.4 Å². The molecular weight excluding hydrogens is 304 g/mol. The van der Waals surface area contributed by atoms with Gasteiger partial charge in [0, 0.05) is 6.07 Å². The molecule has 0 aliphatic carbocycles. The monoisotopic (exact) mass is 312 g/mol. The van der Waals surface area contributed by atoms with Crippen molar-refractivity contribution in [3.05, 3.63) is 65.2 Å². The van der Waals surface area contributed by atoms with Gasteiger partial charge >= 0.3 is 6.03 Å². The number of urea groups is 1. The van der Waals surface area contributed by atoms with E-state index in [-0.39, 0.29) is 4.90 Å². The first-order chi connectivity index (χ1) is 10.3. The van der Waals surface area contributed by atoms with Crippen molar-refractivity contribution >= 4 is 17.6 Å². The lowest BCUT2D eigenvalue weighted by Gasteiger charge is -2.19. The first-order valence-electron chi connectivity index (χ1n) is 5.86. The van der Waals surface area contributed by atoms with Gasteiger partial charge in [-0.05, 0) is 24.3 Å². The molecule has 0 aliphatic rings. The first-order valence-corrected chi connectivity index (χ1v) is 5.86. The highest BCUT2D eigenvalue weighted by atomic mass is 19.1. The molecule has 8 heteroatoms. The molecule has 0 aliphatic heterocycles. The second kappa shape index (κ2) is 5.84. The zero-order chi connectivity index (χ0) is 16.4. The Morgan fingerprint density at radius 3 is 2.00 bits per heavy atom. The van der Waals surface area contributed by atoms with Crippen LogP contribution in [0.3, 0.4) is 0 Å². The lowest BCUT2D eigenvalue weighted by Crippen LogP contribution is -2.42. The van der Waals surface area contributed by atoms with Gasteiger partial charge in [-0.1, -0.05) is 6.07 Å². The van der Waals surface area contributed by atoms with Crippen molar-refractivity contribution in [2.75, 3.05) is 4.90 Å². The van der Waals surface area contributed by atoms with Crippen LogP contribution in [-0.2, 0) is 0 Å². The Kier molecular flexibility index (Phi) is 4.11. The second-order valence-corrected chi connectivity index (χ2v) is 4.17. The van der Waals surface area contributed by atoms with Crippen molar-refractivity contribution < 1.29 is 27.2 Å². The number of hydrogen-bond acceptors (Lipinski definition) is 2. The zero-order valence-electron chi connectivity index (χ0n) is 10.8. The number of nitrogens with two attached hydrogens (primary N) is 1. The van der Waals surface area contributed by atoms with Crippen molar-refractivity contribution in [1.82, 2.24) is 0 Å². The van der Waals surface area contributed by atoms with Gasteiger partial charge in [0.15, 0.2) is 0 Å². The van der Waals surface area contributed by atoms with E-state index in [1.165, 1.54) is 0 Å². The number of rotatable bonds is 2. The van der Waals surface area contributed by atoms with Crippen LogP contribution in [0.4, 0.5) is 28.0 Å². The number of primary amides is 1. The molecule has 4 nitrogen and oxygen atoms in total. The summed E-state index contributed by atoms with van der Waals surface area (Å²) in [6.07, 6.45) is 0. The van der Waals surface area contributed by atoms with E-state index in [1.807, 2.05) is 0 Å². The first kappa shape index (κ1) is 15.5. The zero-order valence-corrected chi connectivity index (χ0v) is 10.8. The summed E-state index contributed by atoms with van der Waals surface area (Å²) in [5, 5.41) is 0. The van der Waals surface area contributed by atoms with Gasteiger partial charge in [0.25, 0.3) is 5.91 Å². The van der Waals surface area contributed by atoms with Crippen molar-refractivity contribution in [3.63, 3.8) is 0 Å². The highest BCUT2D eigenvalue weighted by molar-refractivity contribution is 6.20. The third-order valence-electron chi connectivity index (χ3n) is 2.75. The highest BCUT2D eigenvalue weighted by Gasteiger charge is 2.29. The number of benzene rings is 2. The van der Waals surface area contributed by atoms with Crippen LogP contribution < -0.4 is 10.6 Å². The van der Waals surface area contributed by atoms with Crippen LogP contribution in [-0.4, -0.2) is 11.9 Å². The minimum Gasteiger partial charge on any atom is -0.351 e. The molecule has 2 aromatic carbocycles. The molecule has 22 heavy (non-hydrogen) atoms. The third-order valence-corrected chi connectivity index (χ3v) is 2.75. The van der Waals surface area contributed by atoms with Crippen LogP contribution >= 0.6 is 0 Å². The summed E-state index contributed by atoms with van der Waals surface area (Å²) in [4.78, 5) is 23.6. The molecule has 0 aromatic heterocycles. The Morgan fingerprint density at radius 2 is 1.50 bits per heavy atom. The van der Waals surface area contributed by atoms with E-state index in [0.717, 1.165) is 30.3 Å². The third kappa shape index (κ3) is 2.76. The van der Waals surface area contributed by atoms with E-state index in [9.17, 15) is 27.2 Å². The Balaban J connectivity index is 2.58. The van der Waals surface area contributed by atoms with Crippen LogP contribution in [0, 0.1) is 23.3 Å². The molecule has 2 N–H and O–H groups in total. The highest BCUT2D eigenvalue weighted by Crippen LogP contribution is 2.24. The van der Waals surface area contributed by atoms with Gasteiger partial charge < -0.3 is 5.73 Å². The molecule has 114 valence electrons. The van der Waals surface area contributed by atoms with E-state index in [4.69, 9.17) is 5.73 Å². The molecule has 0 saturated carbocycles. The minimum atomic E-state index is -1.51. The van der Waals surface area contributed by atoms with Gasteiger partial charge in [-0.15, -0.1) is 0 Å². The van der Waals surface area contributed by atoms with Gasteiger partial charge in [-0.25, -0.2) is 27.3 Å². The Morgan fingerprint density at radius 1 is 0.909 bits per heavy atom. The smallest absolute Gasteiger partial charge is 0.326 e. The van der Waals surface area contributed by atoms with Gasteiger partial charge in [0.2, 0.25) is 0 Å². The minimum absolute atomic E-state index is 0.0241. The van der Waals surface area contributed by atoms with Gasteiger partial charge in [-0.3, -0.25) is 4.79 Å². The standard InChI is InChI=1S/C14H8F4N2O2/c15-7-4-5-11(10(18)6-7)20(14(19)22)13(21)12-8(16)2-1-3-9(12)17/h1-6H,(H2,19,22). The predicted molar refractivity (Wildman–Crippen MR) is 69.1 cm³/mol. The fourth-order valence-corrected chi connectivity index (χ4v) is 1.80. The quantitative estimate of drug-likeness (QED) is 0.867. The molecule has 0 saturated heterocycles. The van der Waals surface area contributed by atoms with Crippen LogP contribution in [0.1, 0.15) is 10.4 Å².